The number of nitrogens with one attached hydrogen (secondary N) is 1. The van der Waals surface area contributed by atoms with E-state index in [4.69, 9.17) is 0 Å². The van der Waals surface area contributed by atoms with Gasteiger partial charge in [0.05, 0.1) is 5.92 Å². The molecule has 1 aliphatic carbocycles. The fourth-order valence-corrected chi connectivity index (χ4v) is 2.04. The fourth-order valence-electron chi connectivity index (χ4n) is 2.04. The van der Waals surface area contributed by atoms with Gasteiger partial charge in [-0.15, -0.1) is 0 Å². The van der Waals surface area contributed by atoms with Gasteiger partial charge in [0, 0.05) is 12.5 Å². The van der Waals surface area contributed by atoms with Crippen LogP contribution in [0, 0.1) is 11.8 Å². The average Bonchev–Trinajstić information content (AvgIpc) is 2.14. The molecule has 3 unspecified atom stereocenters. The van der Waals surface area contributed by atoms with Gasteiger partial charge < -0.3 is 5.32 Å². The summed E-state index contributed by atoms with van der Waals surface area (Å²) in [5.74, 6) is -2.34. The Hall–Kier alpha value is -0.740. The molecule has 1 aliphatic rings. The van der Waals surface area contributed by atoms with Crippen molar-refractivity contribution in [2.45, 2.75) is 31.6 Å². The minimum atomic E-state index is -4.41. The summed E-state index contributed by atoms with van der Waals surface area (Å²) < 4.78 is 50.8. The lowest BCUT2D eigenvalue weighted by Crippen LogP contribution is -2.42. The third-order valence-corrected chi connectivity index (χ3v) is 2.87. The van der Waals surface area contributed by atoms with Crippen molar-refractivity contribution < 1.29 is 17.6 Å². The SMILES string of the molecule is C=CNCC1CCCC(C(F)(F)F)C1F. The van der Waals surface area contributed by atoms with E-state index in [9.17, 15) is 17.6 Å². The molecule has 88 valence electrons. The first-order chi connectivity index (χ1) is 6.96. The highest BCUT2D eigenvalue weighted by Crippen LogP contribution is 2.41. The zero-order valence-electron chi connectivity index (χ0n) is 8.36. The normalized spacial score (nSPS) is 32.4. The summed E-state index contributed by atoms with van der Waals surface area (Å²) in [5, 5.41) is 2.68. The number of alkyl halides is 4. The van der Waals surface area contributed by atoms with Crippen LogP contribution >= 0.6 is 0 Å². The molecule has 0 saturated heterocycles. The predicted octanol–water partition coefficient (Wildman–Crippen LogP) is 3.04. The van der Waals surface area contributed by atoms with Crippen LogP contribution in [0.5, 0.6) is 0 Å². The van der Waals surface area contributed by atoms with E-state index in [2.05, 4.69) is 11.9 Å². The molecule has 15 heavy (non-hydrogen) atoms. The first kappa shape index (κ1) is 12.3. The fraction of sp³-hybridized carbons (Fsp3) is 0.800. The van der Waals surface area contributed by atoms with Crippen LogP contribution in [0.3, 0.4) is 0 Å². The third kappa shape index (κ3) is 3.11. The second kappa shape index (κ2) is 4.86. The number of halogens is 4. The highest BCUT2D eigenvalue weighted by Gasteiger charge is 2.49. The van der Waals surface area contributed by atoms with Crippen LogP contribution in [0.15, 0.2) is 12.8 Å². The molecule has 0 bridgehead atoms. The van der Waals surface area contributed by atoms with E-state index in [1.165, 1.54) is 6.20 Å². The van der Waals surface area contributed by atoms with Crippen molar-refractivity contribution in [3.63, 3.8) is 0 Å². The summed E-state index contributed by atoms with van der Waals surface area (Å²) in [4.78, 5) is 0. The van der Waals surface area contributed by atoms with Gasteiger partial charge in [0.25, 0.3) is 0 Å². The van der Waals surface area contributed by atoms with Gasteiger partial charge in [-0.3, -0.25) is 0 Å². The van der Waals surface area contributed by atoms with Gasteiger partial charge in [-0.05, 0) is 19.0 Å². The summed E-state index contributed by atoms with van der Waals surface area (Å²) in [6.07, 6.45) is -3.96. The molecule has 0 heterocycles. The van der Waals surface area contributed by atoms with E-state index in [0.717, 1.165) is 0 Å². The van der Waals surface area contributed by atoms with Crippen LogP contribution in [0.2, 0.25) is 0 Å². The van der Waals surface area contributed by atoms with Crippen molar-refractivity contribution in [3.05, 3.63) is 12.8 Å². The van der Waals surface area contributed by atoms with Gasteiger partial charge in [0.15, 0.2) is 0 Å². The second-order valence-corrected chi connectivity index (χ2v) is 3.90. The van der Waals surface area contributed by atoms with Gasteiger partial charge in [-0.2, -0.15) is 13.2 Å². The van der Waals surface area contributed by atoms with Crippen molar-refractivity contribution in [1.29, 1.82) is 0 Å². The third-order valence-electron chi connectivity index (χ3n) is 2.87. The van der Waals surface area contributed by atoms with Crippen molar-refractivity contribution in [2.24, 2.45) is 11.8 Å². The molecule has 3 atom stereocenters. The Balaban J connectivity index is 2.58. The van der Waals surface area contributed by atoms with Crippen molar-refractivity contribution in [2.75, 3.05) is 6.54 Å². The molecule has 1 N–H and O–H groups in total. The highest BCUT2D eigenvalue weighted by atomic mass is 19.4. The van der Waals surface area contributed by atoms with Crippen LogP contribution in [0.4, 0.5) is 17.6 Å². The van der Waals surface area contributed by atoms with Crippen molar-refractivity contribution in [1.82, 2.24) is 5.32 Å². The quantitative estimate of drug-likeness (QED) is 0.728. The van der Waals surface area contributed by atoms with E-state index in [1.807, 2.05) is 0 Å². The number of hydrogen-bond donors (Lipinski definition) is 1. The van der Waals surface area contributed by atoms with Crippen LogP contribution in [0.25, 0.3) is 0 Å². The average molecular weight is 225 g/mol. The Morgan fingerprint density at radius 1 is 1.33 bits per heavy atom. The number of rotatable bonds is 3. The zero-order chi connectivity index (χ0) is 11.5. The molecule has 1 fully saturated rings. The van der Waals surface area contributed by atoms with Crippen LogP contribution in [0.1, 0.15) is 19.3 Å². The van der Waals surface area contributed by atoms with Crippen LogP contribution in [-0.4, -0.2) is 18.9 Å². The topological polar surface area (TPSA) is 12.0 Å². The maximum absolute atomic E-state index is 13.5. The minimum absolute atomic E-state index is 0.0880. The van der Waals surface area contributed by atoms with Gasteiger partial charge in [-0.25, -0.2) is 4.39 Å². The van der Waals surface area contributed by atoms with Crippen LogP contribution < -0.4 is 5.32 Å². The largest absolute Gasteiger partial charge is 0.394 e. The summed E-state index contributed by atoms with van der Waals surface area (Å²) in [7, 11) is 0. The monoisotopic (exact) mass is 225 g/mol. The lowest BCUT2D eigenvalue weighted by Gasteiger charge is -2.34. The van der Waals surface area contributed by atoms with Gasteiger partial charge in [0.2, 0.25) is 0 Å². The molecular formula is C10H15F4N. The molecular weight excluding hydrogens is 210 g/mol. The molecule has 1 saturated carbocycles. The van der Waals surface area contributed by atoms with E-state index in [0.29, 0.717) is 12.8 Å². The summed E-state index contributed by atoms with van der Waals surface area (Å²) in [6, 6.07) is 0. The van der Waals surface area contributed by atoms with Gasteiger partial charge >= 0.3 is 6.18 Å². The second-order valence-electron chi connectivity index (χ2n) is 3.90. The first-order valence-corrected chi connectivity index (χ1v) is 5.02. The molecule has 0 radical (unpaired) electrons. The first-order valence-electron chi connectivity index (χ1n) is 5.02. The van der Waals surface area contributed by atoms with E-state index in [1.54, 1.807) is 0 Å². The standard InChI is InChI=1S/C10H15F4N/c1-2-15-6-7-4-3-5-8(9(7)11)10(12,13)14/h2,7-9,15H,1,3-6H2. The Labute approximate surface area is 86.5 Å². The van der Waals surface area contributed by atoms with Crippen LogP contribution in [-0.2, 0) is 0 Å². The maximum Gasteiger partial charge on any atom is 0.394 e. The maximum atomic E-state index is 13.5. The molecule has 1 rings (SSSR count). The summed E-state index contributed by atoms with van der Waals surface area (Å²) in [5.41, 5.74) is 0. The zero-order valence-corrected chi connectivity index (χ0v) is 8.36. The Kier molecular flexibility index (Phi) is 3.99. The van der Waals surface area contributed by atoms with Crippen molar-refractivity contribution in [3.8, 4) is 0 Å². The Morgan fingerprint density at radius 3 is 2.53 bits per heavy atom. The molecule has 1 nitrogen and oxygen atoms in total. The molecule has 0 aromatic carbocycles. The van der Waals surface area contributed by atoms with Gasteiger partial charge in [0.1, 0.15) is 6.17 Å². The minimum Gasteiger partial charge on any atom is -0.391 e. The van der Waals surface area contributed by atoms with E-state index in [-0.39, 0.29) is 13.0 Å². The molecule has 5 heteroatoms. The molecule has 0 aromatic rings. The molecule has 0 amide bonds. The molecule has 0 aromatic heterocycles. The Morgan fingerprint density at radius 2 is 2.00 bits per heavy atom. The number of hydrogen-bond acceptors (Lipinski definition) is 1. The Bertz CT molecular complexity index is 214. The smallest absolute Gasteiger partial charge is 0.391 e. The lowest BCUT2D eigenvalue weighted by molar-refractivity contribution is -0.204. The van der Waals surface area contributed by atoms with Gasteiger partial charge in [-0.1, -0.05) is 13.0 Å². The van der Waals surface area contributed by atoms with E-state index >= 15 is 0 Å². The summed E-state index contributed by atoms with van der Waals surface area (Å²) >= 11 is 0. The van der Waals surface area contributed by atoms with Crippen molar-refractivity contribution >= 4 is 0 Å². The molecule has 0 aliphatic heterocycles. The summed E-state index contributed by atoms with van der Waals surface area (Å²) in [6.45, 7) is 3.62. The predicted molar refractivity (Wildman–Crippen MR) is 50.0 cm³/mol. The molecule has 0 spiro atoms. The van der Waals surface area contributed by atoms with E-state index < -0.39 is 24.2 Å². The highest BCUT2D eigenvalue weighted by molar-refractivity contribution is 4.87. The lowest BCUT2D eigenvalue weighted by atomic mass is 9.79.